The van der Waals surface area contributed by atoms with Crippen molar-refractivity contribution >= 4 is 22.3 Å². The highest BCUT2D eigenvalue weighted by atomic mass is 19.1. The number of nitrogens with two attached hydrogens (primary N) is 2. The molecule has 0 aliphatic carbocycles. The van der Waals surface area contributed by atoms with Gasteiger partial charge in [-0.1, -0.05) is 0 Å². The number of ether oxygens (including phenoxy) is 1. The van der Waals surface area contributed by atoms with E-state index in [0.717, 1.165) is 6.42 Å². The predicted molar refractivity (Wildman–Crippen MR) is 97.4 cm³/mol. The second-order valence-corrected chi connectivity index (χ2v) is 7.27. The highest BCUT2D eigenvalue weighted by Crippen LogP contribution is 2.45. The van der Waals surface area contributed by atoms with E-state index in [9.17, 15) is 9.59 Å². The average Bonchev–Trinajstić information content (AvgIpc) is 3.05. The summed E-state index contributed by atoms with van der Waals surface area (Å²) in [5, 5.41) is -0.0460. The third-order valence-corrected chi connectivity index (χ3v) is 5.48. The number of rotatable bonds is 2. The molecule has 3 atom stereocenters. The lowest BCUT2D eigenvalue weighted by Crippen LogP contribution is -2.38. The van der Waals surface area contributed by atoms with Crippen molar-refractivity contribution in [2.75, 3.05) is 30.3 Å². The number of hydrogen-bond acceptors (Lipinski definition) is 6. The van der Waals surface area contributed by atoms with E-state index in [-0.39, 0.29) is 52.6 Å². The third kappa shape index (κ3) is 2.23. The molecule has 3 unspecified atom stereocenters. The third-order valence-electron chi connectivity index (χ3n) is 5.48. The van der Waals surface area contributed by atoms with E-state index in [2.05, 4.69) is 4.98 Å². The minimum atomic E-state index is -0.710. The van der Waals surface area contributed by atoms with Crippen LogP contribution in [0.25, 0.3) is 10.9 Å². The molecule has 1 aromatic heterocycles. The second-order valence-electron chi connectivity index (χ2n) is 7.27. The number of hydrogen-bond donors (Lipinski definition) is 3. The van der Waals surface area contributed by atoms with Crippen LogP contribution in [0.3, 0.4) is 0 Å². The summed E-state index contributed by atoms with van der Waals surface area (Å²) in [6.07, 6.45) is 0.826. The predicted octanol–water partition coefficient (Wildman–Crippen LogP) is 0.538. The van der Waals surface area contributed by atoms with Gasteiger partial charge in [0.25, 0.3) is 5.56 Å². The van der Waals surface area contributed by atoms with Gasteiger partial charge in [-0.05, 0) is 26.2 Å². The van der Waals surface area contributed by atoms with Crippen LogP contribution in [-0.4, -0.2) is 35.3 Å². The summed E-state index contributed by atoms with van der Waals surface area (Å²) in [4.78, 5) is 28.7. The Morgan fingerprint density at radius 3 is 2.77 bits per heavy atom. The first-order valence-corrected chi connectivity index (χ1v) is 8.74. The first-order chi connectivity index (χ1) is 12.3. The molecule has 3 heterocycles. The van der Waals surface area contributed by atoms with Crippen LogP contribution >= 0.6 is 0 Å². The van der Waals surface area contributed by atoms with Crippen molar-refractivity contribution in [2.45, 2.75) is 32.4 Å². The SMILES string of the molecule is CC(N)C1CCN(c2c(F)c(N)c3c(=O)[nH]c(=O)n4c3c2OCC4C)C1. The standard InChI is InChI=1S/C17H22FN5O3/c1-7-6-26-15-13-10(16(24)21-17(25)23(7)13)12(20)11(18)14(15)22-4-3-9(5-22)8(2)19/h7-9H,3-6,19-20H2,1-2H3,(H,21,24,25). The molecule has 2 aliphatic rings. The van der Waals surface area contributed by atoms with Crippen LogP contribution in [0.2, 0.25) is 0 Å². The van der Waals surface area contributed by atoms with Crippen LogP contribution in [0, 0.1) is 11.7 Å². The molecule has 1 saturated heterocycles. The van der Waals surface area contributed by atoms with Gasteiger partial charge >= 0.3 is 5.69 Å². The first-order valence-electron chi connectivity index (χ1n) is 8.74. The quantitative estimate of drug-likeness (QED) is 0.670. The number of anilines is 2. The minimum absolute atomic E-state index is 0.0146. The number of H-pyrrole nitrogens is 1. The average molecular weight is 363 g/mol. The second kappa shape index (κ2) is 5.73. The van der Waals surface area contributed by atoms with E-state index in [4.69, 9.17) is 16.2 Å². The van der Waals surface area contributed by atoms with Crippen LogP contribution in [-0.2, 0) is 0 Å². The Labute approximate surface area is 148 Å². The van der Waals surface area contributed by atoms with E-state index in [0.29, 0.717) is 13.1 Å². The van der Waals surface area contributed by atoms with Crippen LogP contribution < -0.4 is 32.4 Å². The van der Waals surface area contributed by atoms with Crippen LogP contribution in [0.1, 0.15) is 26.3 Å². The van der Waals surface area contributed by atoms with Gasteiger partial charge in [-0.3, -0.25) is 14.3 Å². The largest absolute Gasteiger partial charge is 0.487 e. The molecule has 4 rings (SSSR count). The van der Waals surface area contributed by atoms with Gasteiger partial charge in [0.05, 0.1) is 17.1 Å². The molecule has 0 saturated carbocycles. The van der Waals surface area contributed by atoms with Gasteiger partial charge in [0.15, 0.2) is 11.6 Å². The number of aromatic amines is 1. The van der Waals surface area contributed by atoms with Crippen molar-refractivity contribution in [1.29, 1.82) is 0 Å². The number of nitrogens with zero attached hydrogens (tertiary/aromatic N) is 2. The number of nitrogens with one attached hydrogen (secondary N) is 1. The fourth-order valence-electron chi connectivity index (χ4n) is 4.01. The molecule has 2 aromatic rings. The molecule has 8 nitrogen and oxygen atoms in total. The monoisotopic (exact) mass is 363 g/mol. The highest BCUT2D eigenvalue weighted by Gasteiger charge is 2.35. The maximum atomic E-state index is 15.2. The summed E-state index contributed by atoms with van der Waals surface area (Å²) in [7, 11) is 0. The fourth-order valence-corrected chi connectivity index (χ4v) is 4.01. The minimum Gasteiger partial charge on any atom is -0.487 e. The molecule has 1 fully saturated rings. The van der Waals surface area contributed by atoms with Gasteiger partial charge < -0.3 is 21.1 Å². The van der Waals surface area contributed by atoms with Gasteiger partial charge in [-0.25, -0.2) is 9.18 Å². The zero-order valence-electron chi connectivity index (χ0n) is 14.7. The van der Waals surface area contributed by atoms with Crippen LogP contribution in [0.4, 0.5) is 15.8 Å². The molecule has 1 aromatic carbocycles. The molecule has 140 valence electrons. The Balaban J connectivity index is 2.03. The van der Waals surface area contributed by atoms with Crippen molar-refractivity contribution in [3.63, 3.8) is 0 Å². The summed E-state index contributed by atoms with van der Waals surface area (Å²) >= 11 is 0. The maximum Gasteiger partial charge on any atom is 0.329 e. The Hall–Kier alpha value is -2.55. The number of benzene rings is 1. The smallest absolute Gasteiger partial charge is 0.329 e. The van der Waals surface area contributed by atoms with Gasteiger partial charge in [0.1, 0.15) is 17.8 Å². The van der Waals surface area contributed by atoms with Gasteiger partial charge in [0.2, 0.25) is 0 Å². The lowest BCUT2D eigenvalue weighted by atomic mass is 10.0. The number of nitrogen functional groups attached to an aromatic ring is 1. The molecule has 0 spiro atoms. The van der Waals surface area contributed by atoms with Crippen molar-refractivity contribution in [1.82, 2.24) is 9.55 Å². The first kappa shape index (κ1) is 16.9. The molecule has 0 amide bonds. The molecule has 9 heteroatoms. The van der Waals surface area contributed by atoms with E-state index in [1.54, 1.807) is 6.92 Å². The number of halogens is 1. The summed E-state index contributed by atoms with van der Waals surface area (Å²) in [5.41, 5.74) is 10.9. The fraction of sp³-hybridized carbons (Fsp3) is 0.529. The Bertz CT molecular complexity index is 1010. The van der Waals surface area contributed by atoms with Crippen molar-refractivity contribution in [2.24, 2.45) is 11.7 Å². The zero-order valence-corrected chi connectivity index (χ0v) is 14.7. The van der Waals surface area contributed by atoms with Crippen molar-refractivity contribution < 1.29 is 9.13 Å². The van der Waals surface area contributed by atoms with E-state index >= 15 is 4.39 Å². The van der Waals surface area contributed by atoms with E-state index in [1.807, 2.05) is 11.8 Å². The summed E-state index contributed by atoms with van der Waals surface area (Å²) in [6.45, 7) is 5.10. The van der Waals surface area contributed by atoms with Gasteiger partial charge in [-0.15, -0.1) is 0 Å². The van der Waals surface area contributed by atoms with Crippen LogP contribution in [0.15, 0.2) is 9.59 Å². The topological polar surface area (TPSA) is 119 Å². The molecular formula is C17H22FN5O3. The van der Waals surface area contributed by atoms with Gasteiger partial charge in [-0.2, -0.15) is 0 Å². The molecule has 26 heavy (non-hydrogen) atoms. The Kier molecular flexibility index (Phi) is 3.72. The summed E-state index contributed by atoms with van der Waals surface area (Å²) in [6, 6.07) is -0.318. The van der Waals surface area contributed by atoms with Crippen molar-refractivity contribution in [3.8, 4) is 5.75 Å². The summed E-state index contributed by atoms with van der Waals surface area (Å²) in [5.74, 6) is -0.260. The summed E-state index contributed by atoms with van der Waals surface area (Å²) < 4.78 is 22.4. The maximum absolute atomic E-state index is 15.2. The van der Waals surface area contributed by atoms with Gasteiger partial charge in [0, 0.05) is 19.1 Å². The Morgan fingerprint density at radius 2 is 2.12 bits per heavy atom. The normalized spacial score (nSPS) is 23.3. The lowest BCUT2D eigenvalue weighted by Gasteiger charge is -2.31. The number of aromatic nitrogens is 2. The molecule has 0 radical (unpaired) electrons. The van der Waals surface area contributed by atoms with Crippen molar-refractivity contribution in [3.05, 3.63) is 26.7 Å². The molecule has 5 N–H and O–H groups in total. The molecular weight excluding hydrogens is 341 g/mol. The lowest BCUT2D eigenvalue weighted by molar-refractivity contribution is 0.242. The van der Waals surface area contributed by atoms with Crippen LogP contribution in [0.5, 0.6) is 5.75 Å². The zero-order chi connectivity index (χ0) is 18.7. The van der Waals surface area contributed by atoms with E-state index < -0.39 is 17.1 Å². The molecule has 2 aliphatic heterocycles. The Morgan fingerprint density at radius 1 is 1.38 bits per heavy atom. The highest BCUT2D eigenvalue weighted by molar-refractivity contribution is 6.00. The van der Waals surface area contributed by atoms with E-state index in [1.165, 1.54) is 4.57 Å². The molecule has 0 bridgehead atoms.